The maximum atomic E-state index is 12.8. The van der Waals surface area contributed by atoms with Crippen LogP contribution in [0.4, 0.5) is 0 Å². The van der Waals surface area contributed by atoms with Crippen molar-refractivity contribution in [3.63, 3.8) is 0 Å². The standard InChI is InChI=1S/C51H86O11/c1-3-5-7-9-11-13-15-17-19-21-22-24-25-27-29-31-33-35-37-39-44(52)59-41-43(42-60-51-48(56)46(54)47(55)49(62-51)50(57)58)61-45(53)40-38-36-34-32-30-28-26-23-20-18-16-14-12-10-8-6-4-2/h5,7,11,13,17-20,22,24,43,46-49,51,54-56H,3-4,6,8-10,12,14-16,21,23,25-42H2,1-2H3,(H,57,58)/b7-5-,13-11-,19-17-,20-18-,24-22-. The summed E-state index contributed by atoms with van der Waals surface area (Å²) < 4.78 is 21.8. The van der Waals surface area contributed by atoms with Crippen molar-refractivity contribution in [2.45, 2.75) is 230 Å². The topological polar surface area (TPSA) is 169 Å². The van der Waals surface area contributed by atoms with E-state index in [-0.39, 0.29) is 19.4 Å². The summed E-state index contributed by atoms with van der Waals surface area (Å²) in [6.07, 6.45) is 41.2. The number of carboxylic acid groups (broad SMARTS) is 1. The van der Waals surface area contributed by atoms with Gasteiger partial charge in [0.15, 0.2) is 18.5 Å². The van der Waals surface area contributed by atoms with Crippen molar-refractivity contribution in [1.82, 2.24) is 0 Å². The lowest BCUT2D eigenvalue weighted by atomic mass is 9.99. The number of aliphatic carboxylic acids is 1. The van der Waals surface area contributed by atoms with E-state index >= 15 is 0 Å². The molecule has 1 heterocycles. The number of unbranched alkanes of at least 4 members (excludes halogenated alkanes) is 19. The van der Waals surface area contributed by atoms with Crippen LogP contribution in [0.2, 0.25) is 0 Å². The Morgan fingerprint density at radius 3 is 1.45 bits per heavy atom. The van der Waals surface area contributed by atoms with Gasteiger partial charge in [0.05, 0.1) is 6.61 Å². The van der Waals surface area contributed by atoms with E-state index in [1.165, 1.54) is 57.8 Å². The van der Waals surface area contributed by atoms with E-state index in [0.29, 0.717) is 12.8 Å². The second-order valence-corrected chi connectivity index (χ2v) is 16.6. The van der Waals surface area contributed by atoms with E-state index in [1.807, 2.05) is 0 Å². The first-order valence-electron chi connectivity index (χ1n) is 24.3. The molecule has 11 heteroatoms. The number of carbonyl (C=O) groups excluding carboxylic acids is 2. The van der Waals surface area contributed by atoms with Crippen LogP contribution in [-0.2, 0) is 33.3 Å². The molecule has 11 nitrogen and oxygen atoms in total. The zero-order valence-corrected chi connectivity index (χ0v) is 38.6. The molecule has 1 fully saturated rings. The molecule has 6 atom stereocenters. The van der Waals surface area contributed by atoms with Gasteiger partial charge in [-0.25, -0.2) is 4.79 Å². The number of ether oxygens (including phenoxy) is 4. The molecule has 0 radical (unpaired) electrons. The minimum Gasteiger partial charge on any atom is -0.479 e. The molecule has 1 aliphatic heterocycles. The summed E-state index contributed by atoms with van der Waals surface area (Å²) in [5, 5.41) is 39.9. The highest BCUT2D eigenvalue weighted by Gasteiger charge is 2.47. The molecule has 1 aliphatic rings. The van der Waals surface area contributed by atoms with Gasteiger partial charge in [0, 0.05) is 12.8 Å². The quantitative estimate of drug-likeness (QED) is 0.0263. The number of carboxylic acids is 1. The largest absolute Gasteiger partial charge is 0.479 e. The average Bonchev–Trinajstić information content (AvgIpc) is 3.26. The summed E-state index contributed by atoms with van der Waals surface area (Å²) in [7, 11) is 0. The van der Waals surface area contributed by atoms with Gasteiger partial charge in [-0.2, -0.15) is 0 Å². The Kier molecular flexibility index (Phi) is 37.3. The Labute approximate surface area is 375 Å². The number of allylic oxidation sites excluding steroid dienone is 10. The first kappa shape index (κ1) is 56.9. The van der Waals surface area contributed by atoms with Crippen molar-refractivity contribution in [2.75, 3.05) is 13.2 Å². The molecule has 1 saturated heterocycles. The monoisotopic (exact) mass is 875 g/mol. The zero-order chi connectivity index (χ0) is 45.3. The molecule has 0 aliphatic carbocycles. The van der Waals surface area contributed by atoms with Crippen LogP contribution in [0, 0.1) is 0 Å². The second-order valence-electron chi connectivity index (χ2n) is 16.6. The summed E-state index contributed by atoms with van der Waals surface area (Å²) in [6, 6.07) is 0. The van der Waals surface area contributed by atoms with Crippen molar-refractivity contribution in [3.8, 4) is 0 Å². The third-order valence-electron chi connectivity index (χ3n) is 10.9. The van der Waals surface area contributed by atoms with Crippen LogP contribution in [0.1, 0.15) is 194 Å². The van der Waals surface area contributed by atoms with Crippen molar-refractivity contribution in [3.05, 3.63) is 60.8 Å². The Balaban J connectivity index is 2.35. The van der Waals surface area contributed by atoms with E-state index in [0.717, 1.165) is 96.3 Å². The van der Waals surface area contributed by atoms with E-state index in [1.54, 1.807) is 0 Å². The normalized spacial score (nSPS) is 20.0. The third-order valence-corrected chi connectivity index (χ3v) is 10.9. The highest BCUT2D eigenvalue weighted by molar-refractivity contribution is 5.73. The van der Waals surface area contributed by atoms with Crippen LogP contribution in [0.15, 0.2) is 60.8 Å². The molecule has 0 aromatic rings. The van der Waals surface area contributed by atoms with E-state index in [9.17, 15) is 34.8 Å². The van der Waals surface area contributed by atoms with Gasteiger partial charge in [-0.1, -0.05) is 164 Å². The maximum Gasteiger partial charge on any atom is 0.335 e. The van der Waals surface area contributed by atoms with Crippen LogP contribution >= 0.6 is 0 Å². The van der Waals surface area contributed by atoms with Crippen molar-refractivity contribution in [2.24, 2.45) is 0 Å². The summed E-state index contributed by atoms with van der Waals surface area (Å²) in [4.78, 5) is 36.9. The molecule has 356 valence electrons. The van der Waals surface area contributed by atoms with E-state index in [2.05, 4.69) is 74.6 Å². The summed E-state index contributed by atoms with van der Waals surface area (Å²) in [5.41, 5.74) is 0. The Hall–Kier alpha value is -3.09. The molecule has 0 aromatic heterocycles. The van der Waals surface area contributed by atoms with Crippen LogP contribution in [0.25, 0.3) is 0 Å². The molecule has 1 rings (SSSR count). The molecular weight excluding hydrogens is 789 g/mol. The maximum absolute atomic E-state index is 12.8. The molecule has 4 N–H and O–H groups in total. The van der Waals surface area contributed by atoms with Gasteiger partial charge in [-0.15, -0.1) is 0 Å². The smallest absolute Gasteiger partial charge is 0.335 e. The number of esters is 2. The predicted octanol–water partition coefficient (Wildman–Crippen LogP) is 11.1. The number of aliphatic hydroxyl groups is 3. The fraction of sp³-hybridized carbons (Fsp3) is 0.745. The fourth-order valence-electron chi connectivity index (χ4n) is 7.04. The summed E-state index contributed by atoms with van der Waals surface area (Å²) in [6.45, 7) is 3.69. The van der Waals surface area contributed by atoms with E-state index < -0.39 is 61.3 Å². The fourth-order valence-corrected chi connectivity index (χ4v) is 7.04. The highest BCUT2D eigenvalue weighted by atomic mass is 16.7. The summed E-state index contributed by atoms with van der Waals surface area (Å²) >= 11 is 0. The van der Waals surface area contributed by atoms with Gasteiger partial charge >= 0.3 is 17.9 Å². The van der Waals surface area contributed by atoms with Gasteiger partial charge in [-0.3, -0.25) is 9.59 Å². The average molecular weight is 875 g/mol. The van der Waals surface area contributed by atoms with Crippen LogP contribution in [0.5, 0.6) is 0 Å². The Bertz CT molecular complexity index is 1260. The van der Waals surface area contributed by atoms with Crippen molar-refractivity contribution < 1.29 is 53.8 Å². The summed E-state index contributed by atoms with van der Waals surface area (Å²) in [5.74, 6) is -2.47. The SMILES string of the molecule is CC/C=C\C/C=C\C/C=C\C/C=C\CCCCCCCCC(=O)OCC(COC1OC(C(=O)O)C(O)C(O)C1O)OC(=O)CCCCCCCCC/C=C\CCCCCCCC. The predicted molar refractivity (Wildman–Crippen MR) is 247 cm³/mol. The molecule has 0 amide bonds. The lowest BCUT2D eigenvalue weighted by molar-refractivity contribution is -0.298. The molecule has 0 saturated carbocycles. The Morgan fingerprint density at radius 2 is 0.952 bits per heavy atom. The number of carbonyl (C=O) groups is 3. The van der Waals surface area contributed by atoms with Gasteiger partial charge in [0.25, 0.3) is 0 Å². The van der Waals surface area contributed by atoms with E-state index in [4.69, 9.17) is 18.9 Å². The van der Waals surface area contributed by atoms with Crippen LogP contribution in [0.3, 0.4) is 0 Å². The molecule has 6 unspecified atom stereocenters. The molecule has 0 aromatic carbocycles. The number of hydrogen-bond donors (Lipinski definition) is 4. The lowest BCUT2D eigenvalue weighted by Crippen LogP contribution is -2.60. The molecular formula is C51H86O11. The molecule has 0 bridgehead atoms. The highest BCUT2D eigenvalue weighted by Crippen LogP contribution is 2.23. The minimum atomic E-state index is -1.87. The third kappa shape index (κ3) is 31.7. The van der Waals surface area contributed by atoms with Gasteiger partial charge < -0.3 is 39.4 Å². The molecule has 0 spiro atoms. The van der Waals surface area contributed by atoms with Gasteiger partial charge in [-0.05, 0) is 77.0 Å². The zero-order valence-electron chi connectivity index (χ0n) is 38.6. The number of hydrogen-bond acceptors (Lipinski definition) is 10. The first-order chi connectivity index (χ1) is 30.2. The van der Waals surface area contributed by atoms with Gasteiger partial charge in [0.1, 0.15) is 24.9 Å². The number of rotatable bonds is 40. The van der Waals surface area contributed by atoms with Gasteiger partial charge in [0.2, 0.25) is 0 Å². The number of aliphatic hydroxyl groups excluding tert-OH is 3. The Morgan fingerprint density at radius 1 is 0.516 bits per heavy atom. The molecule has 62 heavy (non-hydrogen) atoms. The van der Waals surface area contributed by atoms with Crippen molar-refractivity contribution >= 4 is 17.9 Å². The van der Waals surface area contributed by atoms with Crippen LogP contribution < -0.4 is 0 Å². The van der Waals surface area contributed by atoms with Crippen molar-refractivity contribution in [1.29, 1.82) is 0 Å². The second kappa shape index (κ2) is 40.7. The first-order valence-corrected chi connectivity index (χ1v) is 24.3. The lowest BCUT2D eigenvalue weighted by Gasteiger charge is -2.38. The van der Waals surface area contributed by atoms with Crippen LogP contribution in [-0.4, -0.2) is 88.4 Å². The minimum absolute atomic E-state index is 0.172.